The van der Waals surface area contributed by atoms with Crippen molar-refractivity contribution < 1.29 is 8.42 Å². The molecule has 1 N–H and O–H groups in total. The molecule has 0 aliphatic rings. The van der Waals surface area contributed by atoms with Crippen LogP contribution in [-0.2, 0) is 16.4 Å². The second-order valence-corrected chi connectivity index (χ2v) is 9.10. The molecule has 2 rings (SSSR count). The maximum Gasteiger partial charge on any atom is 0.175 e. The van der Waals surface area contributed by atoms with E-state index >= 15 is 0 Å². The van der Waals surface area contributed by atoms with Gasteiger partial charge in [0.25, 0.3) is 0 Å². The van der Waals surface area contributed by atoms with Crippen LogP contribution >= 0.6 is 34.5 Å². The molecule has 0 radical (unpaired) electrons. The number of sulfone groups is 1. The Morgan fingerprint density at radius 3 is 2.33 bits per heavy atom. The molecule has 0 aliphatic carbocycles. The van der Waals surface area contributed by atoms with E-state index in [2.05, 4.69) is 5.32 Å². The number of hydrogen-bond acceptors (Lipinski definition) is 4. The second kappa shape index (κ2) is 6.67. The van der Waals surface area contributed by atoms with Crippen LogP contribution in [0, 0.1) is 0 Å². The highest BCUT2D eigenvalue weighted by Crippen LogP contribution is 2.34. The Morgan fingerprint density at radius 2 is 1.86 bits per heavy atom. The molecule has 0 bridgehead atoms. The minimum absolute atomic E-state index is 0.0656. The van der Waals surface area contributed by atoms with Gasteiger partial charge in [0.05, 0.1) is 13.6 Å². The van der Waals surface area contributed by atoms with Gasteiger partial charge in [-0.05, 0) is 36.2 Å². The van der Waals surface area contributed by atoms with Gasteiger partial charge in [0.15, 0.2) is 9.84 Å². The number of benzene rings is 1. The topological polar surface area (TPSA) is 46.2 Å². The van der Waals surface area contributed by atoms with E-state index in [9.17, 15) is 8.42 Å². The third kappa shape index (κ3) is 4.44. The highest BCUT2D eigenvalue weighted by Gasteiger charge is 2.13. The van der Waals surface area contributed by atoms with Gasteiger partial charge < -0.3 is 5.32 Å². The number of thiophene rings is 1. The maximum absolute atomic E-state index is 11.4. The summed E-state index contributed by atoms with van der Waals surface area (Å²) in [5.41, 5.74) is 1.98. The van der Waals surface area contributed by atoms with E-state index in [-0.39, 0.29) is 6.04 Å². The van der Waals surface area contributed by atoms with Gasteiger partial charge in [0.2, 0.25) is 0 Å². The predicted molar refractivity (Wildman–Crippen MR) is 89.1 cm³/mol. The van der Waals surface area contributed by atoms with Crippen LogP contribution in [0.15, 0.2) is 35.2 Å². The number of hydrogen-bond donors (Lipinski definition) is 1. The number of nitrogens with one attached hydrogen (secondary N) is 1. The SMILES string of the molecule is CC(NCc1ccc(S(C)(=O)=O)cc1)c1cc(Cl)sc1Cl. The summed E-state index contributed by atoms with van der Waals surface area (Å²) in [6.07, 6.45) is 1.20. The van der Waals surface area contributed by atoms with Crippen LogP contribution in [0.3, 0.4) is 0 Å². The zero-order valence-electron chi connectivity index (χ0n) is 11.6. The third-order valence-corrected chi connectivity index (χ3v) is 5.76. The Kier molecular flexibility index (Phi) is 5.33. The molecule has 1 atom stereocenters. The van der Waals surface area contributed by atoms with E-state index in [1.165, 1.54) is 17.6 Å². The van der Waals surface area contributed by atoms with E-state index in [4.69, 9.17) is 23.2 Å². The van der Waals surface area contributed by atoms with Crippen LogP contribution in [0.2, 0.25) is 8.67 Å². The summed E-state index contributed by atoms with van der Waals surface area (Å²) in [5.74, 6) is 0. The smallest absolute Gasteiger partial charge is 0.175 e. The van der Waals surface area contributed by atoms with Crippen LogP contribution in [0.25, 0.3) is 0 Å². The Labute approximate surface area is 138 Å². The van der Waals surface area contributed by atoms with Crippen molar-refractivity contribution in [1.29, 1.82) is 0 Å². The monoisotopic (exact) mass is 363 g/mol. The standard InChI is InChI=1S/C14H15Cl2NO2S2/c1-9(12-7-13(15)20-14(12)16)17-8-10-3-5-11(6-4-10)21(2,18)19/h3-7,9,17H,8H2,1-2H3. The molecule has 3 nitrogen and oxygen atoms in total. The Morgan fingerprint density at radius 1 is 1.24 bits per heavy atom. The van der Waals surface area contributed by atoms with Crippen molar-refractivity contribution in [3.63, 3.8) is 0 Å². The molecule has 1 heterocycles. The molecular formula is C14H15Cl2NO2S2. The summed E-state index contributed by atoms with van der Waals surface area (Å²) in [7, 11) is -3.15. The highest BCUT2D eigenvalue weighted by molar-refractivity contribution is 7.90. The van der Waals surface area contributed by atoms with Gasteiger partial charge in [-0.15, -0.1) is 11.3 Å². The highest BCUT2D eigenvalue weighted by atomic mass is 35.5. The zero-order chi connectivity index (χ0) is 15.6. The molecule has 0 saturated heterocycles. The Balaban J connectivity index is 2.01. The fourth-order valence-electron chi connectivity index (χ4n) is 1.88. The van der Waals surface area contributed by atoms with Gasteiger partial charge >= 0.3 is 0 Å². The van der Waals surface area contributed by atoms with Gasteiger partial charge in [-0.3, -0.25) is 0 Å². The van der Waals surface area contributed by atoms with Crippen molar-refractivity contribution in [2.75, 3.05) is 6.26 Å². The zero-order valence-corrected chi connectivity index (χ0v) is 14.7. The molecule has 0 fully saturated rings. The number of halogens is 2. The van der Waals surface area contributed by atoms with Crippen molar-refractivity contribution in [2.45, 2.75) is 24.4 Å². The van der Waals surface area contributed by atoms with Crippen molar-refractivity contribution in [1.82, 2.24) is 5.32 Å². The molecule has 1 aromatic carbocycles. The Bertz CT molecular complexity index is 724. The maximum atomic E-state index is 11.4. The van der Waals surface area contributed by atoms with Gasteiger partial charge in [-0.1, -0.05) is 35.3 Å². The summed E-state index contributed by atoms with van der Waals surface area (Å²) >= 11 is 13.4. The summed E-state index contributed by atoms with van der Waals surface area (Å²) < 4.78 is 24.1. The van der Waals surface area contributed by atoms with Crippen LogP contribution in [-0.4, -0.2) is 14.7 Å². The van der Waals surface area contributed by atoms with Gasteiger partial charge in [-0.2, -0.15) is 0 Å². The quantitative estimate of drug-likeness (QED) is 0.860. The van der Waals surface area contributed by atoms with Crippen molar-refractivity contribution in [3.05, 3.63) is 50.1 Å². The molecule has 0 aliphatic heterocycles. The average molecular weight is 364 g/mol. The fourth-order valence-corrected chi connectivity index (χ4v) is 4.16. The minimum Gasteiger partial charge on any atom is -0.306 e. The lowest BCUT2D eigenvalue weighted by atomic mass is 10.1. The first-order chi connectivity index (χ1) is 9.77. The normalized spacial score (nSPS) is 13.3. The summed E-state index contributed by atoms with van der Waals surface area (Å²) in [6.45, 7) is 2.63. The number of rotatable bonds is 5. The summed E-state index contributed by atoms with van der Waals surface area (Å²) in [6, 6.07) is 8.77. The van der Waals surface area contributed by atoms with E-state index in [1.54, 1.807) is 24.3 Å². The van der Waals surface area contributed by atoms with Gasteiger partial charge in [0, 0.05) is 18.8 Å². The van der Waals surface area contributed by atoms with E-state index in [1.807, 2.05) is 13.0 Å². The third-order valence-electron chi connectivity index (χ3n) is 3.11. The lowest BCUT2D eigenvalue weighted by molar-refractivity contribution is 0.576. The molecule has 1 aromatic heterocycles. The molecule has 7 heteroatoms. The first-order valence-electron chi connectivity index (χ1n) is 6.24. The van der Waals surface area contributed by atoms with Crippen LogP contribution < -0.4 is 5.32 Å². The van der Waals surface area contributed by atoms with E-state index in [0.717, 1.165) is 11.1 Å². The molecule has 21 heavy (non-hydrogen) atoms. The molecule has 0 spiro atoms. The lowest BCUT2D eigenvalue weighted by Crippen LogP contribution is -2.17. The molecule has 0 saturated carbocycles. The van der Waals surface area contributed by atoms with E-state index < -0.39 is 9.84 Å². The molecule has 2 aromatic rings. The Hall–Kier alpha value is -0.590. The first-order valence-corrected chi connectivity index (χ1v) is 9.71. The van der Waals surface area contributed by atoms with Crippen molar-refractivity contribution in [2.24, 2.45) is 0 Å². The molecule has 1 unspecified atom stereocenters. The summed E-state index contributed by atoms with van der Waals surface area (Å²) in [5, 5.41) is 3.34. The largest absolute Gasteiger partial charge is 0.306 e. The predicted octanol–water partition coefficient (Wildman–Crippen LogP) is 4.31. The van der Waals surface area contributed by atoms with Gasteiger partial charge in [0.1, 0.15) is 0 Å². The fraction of sp³-hybridized carbons (Fsp3) is 0.286. The first kappa shape index (κ1) is 16.8. The lowest BCUT2D eigenvalue weighted by Gasteiger charge is -2.13. The summed E-state index contributed by atoms with van der Waals surface area (Å²) in [4.78, 5) is 0.326. The minimum atomic E-state index is -3.15. The van der Waals surface area contributed by atoms with Crippen molar-refractivity contribution in [3.8, 4) is 0 Å². The van der Waals surface area contributed by atoms with E-state index in [0.29, 0.717) is 20.1 Å². The van der Waals surface area contributed by atoms with Crippen molar-refractivity contribution >= 4 is 44.4 Å². The van der Waals surface area contributed by atoms with Crippen LogP contribution in [0.1, 0.15) is 24.1 Å². The van der Waals surface area contributed by atoms with Gasteiger partial charge in [-0.25, -0.2) is 8.42 Å². The molecular weight excluding hydrogens is 349 g/mol. The molecule has 114 valence electrons. The average Bonchev–Trinajstić information content (AvgIpc) is 2.74. The van der Waals surface area contributed by atoms with Crippen LogP contribution in [0.5, 0.6) is 0 Å². The molecule has 0 amide bonds. The second-order valence-electron chi connectivity index (χ2n) is 4.80. The van der Waals surface area contributed by atoms with Crippen LogP contribution in [0.4, 0.5) is 0 Å².